The molecule has 0 unspecified atom stereocenters. The van der Waals surface area contributed by atoms with E-state index in [-0.39, 0.29) is 5.41 Å². The highest BCUT2D eigenvalue weighted by molar-refractivity contribution is 5.90. The van der Waals surface area contributed by atoms with Crippen molar-refractivity contribution in [3.8, 4) is 56.0 Å². The summed E-state index contributed by atoms with van der Waals surface area (Å²) < 4.78 is 6.92. The summed E-state index contributed by atoms with van der Waals surface area (Å²) in [4.78, 5) is 0. The van der Waals surface area contributed by atoms with Crippen molar-refractivity contribution in [3.63, 3.8) is 0 Å². The summed E-state index contributed by atoms with van der Waals surface area (Å²) in [5.41, 5.74) is 14.6. The maximum absolute atomic E-state index is 6.92. The molecule has 2 aliphatic rings. The Kier molecular flexibility index (Phi) is 5.59. The van der Waals surface area contributed by atoms with Crippen LogP contribution in [0.25, 0.3) is 62.1 Å². The van der Waals surface area contributed by atoms with Crippen LogP contribution < -0.4 is 0 Å². The summed E-state index contributed by atoms with van der Waals surface area (Å²) in [7, 11) is 0. The predicted octanol–water partition coefficient (Wildman–Crippen LogP) is 10.8. The van der Waals surface area contributed by atoms with Crippen LogP contribution in [-0.4, -0.2) is 0 Å². The maximum atomic E-state index is 6.92. The Morgan fingerprint density at radius 2 is 1.36 bits per heavy atom. The Hall–Kier alpha value is -5.06. The molecule has 0 spiro atoms. The summed E-state index contributed by atoms with van der Waals surface area (Å²) in [5, 5.41) is 0. The molecule has 0 atom stereocenters. The molecule has 0 radical (unpaired) electrons. The van der Waals surface area contributed by atoms with E-state index in [4.69, 9.17) is 4.42 Å². The Morgan fingerprint density at radius 3 is 2.12 bits per heavy atom. The molecule has 2 aliphatic carbocycles. The van der Waals surface area contributed by atoms with Crippen LogP contribution in [0.3, 0.4) is 0 Å². The lowest BCUT2D eigenvalue weighted by Gasteiger charge is -2.21. The smallest absolute Gasteiger partial charge is 0.142 e. The van der Waals surface area contributed by atoms with Gasteiger partial charge in [-0.2, -0.15) is 0 Å². The van der Waals surface area contributed by atoms with Gasteiger partial charge in [0.25, 0.3) is 0 Å². The Morgan fingerprint density at radius 1 is 0.643 bits per heavy atom. The van der Waals surface area contributed by atoms with Gasteiger partial charge in [-0.3, -0.25) is 0 Å². The maximum Gasteiger partial charge on any atom is 0.142 e. The summed E-state index contributed by atoms with van der Waals surface area (Å²) in [6, 6.07) is 45.4. The second kappa shape index (κ2) is 9.51. The average Bonchev–Trinajstić information content (AvgIpc) is 3.54. The third-order valence-corrected chi connectivity index (χ3v) is 9.05. The SMILES string of the molecule is CC1(C)c2ccc(-c3ccccc3)cc2-c2cc(-c3oc(-c4ccccc4-c4c#cccc4)c4c3C=CCC4)ccc21. The van der Waals surface area contributed by atoms with E-state index in [2.05, 4.69) is 135 Å². The third kappa shape index (κ3) is 3.80. The normalized spacial score (nSPS) is 14.1. The second-order valence-corrected chi connectivity index (χ2v) is 11.9. The molecule has 6 aromatic rings. The second-order valence-electron chi connectivity index (χ2n) is 11.9. The van der Waals surface area contributed by atoms with E-state index < -0.39 is 0 Å². The summed E-state index contributed by atoms with van der Waals surface area (Å²) in [6.07, 6.45) is 6.50. The topological polar surface area (TPSA) is 13.1 Å². The van der Waals surface area contributed by atoms with Crippen molar-refractivity contribution in [2.75, 3.05) is 0 Å². The molecule has 1 heterocycles. The number of hydrogen-bond acceptors (Lipinski definition) is 1. The molecule has 8 rings (SSSR count). The number of fused-ring (bicyclic) bond motifs is 4. The van der Waals surface area contributed by atoms with E-state index in [1.165, 1.54) is 44.5 Å². The first-order valence-electron chi connectivity index (χ1n) is 14.8. The van der Waals surface area contributed by atoms with E-state index in [1.54, 1.807) is 0 Å². The number of benzene rings is 4. The molecule has 1 aromatic heterocycles. The lowest BCUT2D eigenvalue weighted by molar-refractivity contribution is 0.594. The highest BCUT2D eigenvalue weighted by atomic mass is 16.3. The van der Waals surface area contributed by atoms with Crippen LogP contribution in [0, 0.1) is 12.1 Å². The molecule has 1 nitrogen and oxygen atoms in total. The van der Waals surface area contributed by atoms with Crippen molar-refractivity contribution in [2.45, 2.75) is 32.1 Å². The first-order chi connectivity index (χ1) is 20.6. The minimum Gasteiger partial charge on any atom is -0.455 e. The number of allylic oxidation sites excluding steroid dienone is 1. The van der Waals surface area contributed by atoms with Crippen molar-refractivity contribution < 1.29 is 4.42 Å². The van der Waals surface area contributed by atoms with Gasteiger partial charge in [-0.25, -0.2) is 0 Å². The van der Waals surface area contributed by atoms with Crippen LogP contribution in [0.1, 0.15) is 42.5 Å². The van der Waals surface area contributed by atoms with Crippen LogP contribution in [0.4, 0.5) is 0 Å². The van der Waals surface area contributed by atoms with Crippen molar-refractivity contribution in [1.29, 1.82) is 0 Å². The van der Waals surface area contributed by atoms with Crippen LogP contribution >= 0.6 is 0 Å². The van der Waals surface area contributed by atoms with Gasteiger partial charge < -0.3 is 4.42 Å². The fourth-order valence-electron chi connectivity index (χ4n) is 6.91. The van der Waals surface area contributed by atoms with E-state index in [0.717, 1.165) is 46.6 Å². The Bertz CT molecular complexity index is 1990. The molecule has 0 saturated carbocycles. The molecule has 5 aromatic carbocycles. The van der Waals surface area contributed by atoms with Gasteiger partial charge in [0.05, 0.1) is 0 Å². The van der Waals surface area contributed by atoms with Gasteiger partial charge in [0.2, 0.25) is 0 Å². The monoisotopic (exact) mass is 538 g/mol. The van der Waals surface area contributed by atoms with Gasteiger partial charge in [0.1, 0.15) is 11.5 Å². The van der Waals surface area contributed by atoms with Crippen LogP contribution in [-0.2, 0) is 11.8 Å². The fraction of sp³-hybridized carbons (Fsp3) is 0.122. The van der Waals surface area contributed by atoms with Gasteiger partial charge in [-0.1, -0.05) is 123 Å². The minimum atomic E-state index is -0.0613. The standard InChI is InChI=1S/C41H30O/c1-41(2)37-23-21-29(27-13-5-3-6-14-27)25-35(37)36-26-30(22-24-38(36)41)39-33-19-11-12-20-34(33)40(42-39)32-18-10-9-17-31(32)28-15-7-4-8-16-28/h3-7,9-11,13-15,17-19,21-26H,12,20H2,1-2H3. The van der Waals surface area contributed by atoms with Gasteiger partial charge in [-0.05, 0) is 70.5 Å². The van der Waals surface area contributed by atoms with Crippen molar-refractivity contribution in [1.82, 2.24) is 0 Å². The number of rotatable bonds is 4. The first-order valence-corrected chi connectivity index (χ1v) is 14.8. The molecule has 200 valence electrons. The molecular formula is C41H30O. The van der Waals surface area contributed by atoms with Gasteiger partial charge >= 0.3 is 0 Å². The van der Waals surface area contributed by atoms with Crippen LogP contribution in [0.15, 0.2) is 120 Å². The zero-order valence-corrected chi connectivity index (χ0v) is 23.9. The van der Waals surface area contributed by atoms with E-state index >= 15 is 0 Å². The fourth-order valence-corrected chi connectivity index (χ4v) is 6.91. The molecule has 0 amide bonds. The predicted molar refractivity (Wildman–Crippen MR) is 173 cm³/mol. The molecule has 0 bridgehead atoms. The minimum absolute atomic E-state index is 0.0613. The highest BCUT2D eigenvalue weighted by Gasteiger charge is 2.36. The van der Waals surface area contributed by atoms with E-state index in [9.17, 15) is 0 Å². The molecular weight excluding hydrogens is 508 g/mol. The molecule has 42 heavy (non-hydrogen) atoms. The quantitative estimate of drug-likeness (QED) is 0.218. The molecule has 0 saturated heterocycles. The van der Waals surface area contributed by atoms with Crippen molar-refractivity contribution in [2.24, 2.45) is 0 Å². The average molecular weight is 539 g/mol. The summed E-state index contributed by atoms with van der Waals surface area (Å²) in [5.74, 6) is 1.91. The summed E-state index contributed by atoms with van der Waals surface area (Å²) >= 11 is 0. The Balaban J connectivity index is 1.30. The lowest BCUT2D eigenvalue weighted by atomic mass is 9.82. The first kappa shape index (κ1) is 24.7. The van der Waals surface area contributed by atoms with Gasteiger partial charge in [0.15, 0.2) is 0 Å². The van der Waals surface area contributed by atoms with Crippen molar-refractivity contribution in [3.05, 3.63) is 150 Å². The largest absolute Gasteiger partial charge is 0.455 e. The van der Waals surface area contributed by atoms with Crippen LogP contribution in [0.5, 0.6) is 0 Å². The number of furan rings is 1. The molecule has 0 aliphatic heterocycles. The zero-order chi connectivity index (χ0) is 28.3. The van der Waals surface area contributed by atoms with E-state index in [1.807, 2.05) is 12.1 Å². The molecule has 0 fully saturated rings. The summed E-state index contributed by atoms with van der Waals surface area (Å²) in [6.45, 7) is 4.67. The zero-order valence-electron chi connectivity index (χ0n) is 23.9. The highest BCUT2D eigenvalue weighted by Crippen LogP contribution is 2.51. The number of hydrogen-bond donors (Lipinski definition) is 0. The molecule has 0 N–H and O–H groups in total. The third-order valence-electron chi connectivity index (χ3n) is 9.05. The van der Waals surface area contributed by atoms with Crippen molar-refractivity contribution >= 4 is 6.08 Å². The Labute approximate surface area is 247 Å². The molecule has 1 heteroatoms. The van der Waals surface area contributed by atoms with Crippen LogP contribution in [0.2, 0.25) is 0 Å². The lowest BCUT2D eigenvalue weighted by Crippen LogP contribution is -2.14. The van der Waals surface area contributed by atoms with Gasteiger partial charge in [0, 0.05) is 38.8 Å². The van der Waals surface area contributed by atoms with E-state index in [0.29, 0.717) is 0 Å². The van der Waals surface area contributed by atoms with Gasteiger partial charge in [-0.15, -0.1) is 0 Å².